The van der Waals surface area contributed by atoms with Gasteiger partial charge in [0.15, 0.2) is 5.96 Å². The molecule has 1 amide bonds. The van der Waals surface area contributed by atoms with E-state index in [9.17, 15) is 4.79 Å². The lowest BCUT2D eigenvalue weighted by molar-refractivity contribution is -0.127. The van der Waals surface area contributed by atoms with E-state index in [4.69, 9.17) is 0 Å². The van der Waals surface area contributed by atoms with Gasteiger partial charge in [0, 0.05) is 27.7 Å². The summed E-state index contributed by atoms with van der Waals surface area (Å²) in [5, 5.41) is 10.2. The standard InChI is InChI=1S/C13H25N7O/c1-5-6-7-14-13(16-9-12(21)19(2)3)15-8-11-17-10-18-20(11)4/h10H,5-9H2,1-4H3,(H2,14,15,16). The molecular formula is C13H25N7O. The van der Waals surface area contributed by atoms with Crippen molar-refractivity contribution in [2.75, 3.05) is 27.2 Å². The zero-order chi connectivity index (χ0) is 15.7. The number of hydrogen-bond acceptors (Lipinski definition) is 4. The van der Waals surface area contributed by atoms with Gasteiger partial charge in [0.1, 0.15) is 18.7 Å². The lowest BCUT2D eigenvalue weighted by atomic mass is 10.3. The molecule has 0 saturated carbocycles. The summed E-state index contributed by atoms with van der Waals surface area (Å²) in [6, 6.07) is 0. The van der Waals surface area contributed by atoms with E-state index in [0.717, 1.165) is 25.2 Å². The molecule has 0 unspecified atom stereocenters. The molecule has 0 saturated heterocycles. The Morgan fingerprint density at radius 1 is 1.43 bits per heavy atom. The maximum atomic E-state index is 11.6. The highest BCUT2D eigenvalue weighted by molar-refractivity contribution is 5.86. The monoisotopic (exact) mass is 295 g/mol. The van der Waals surface area contributed by atoms with Gasteiger partial charge in [-0.05, 0) is 6.42 Å². The lowest BCUT2D eigenvalue weighted by Gasteiger charge is -2.14. The number of unbranched alkanes of at least 4 members (excludes halogenated alkanes) is 1. The Morgan fingerprint density at radius 2 is 2.19 bits per heavy atom. The first kappa shape index (κ1) is 16.9. The summed E-state index contributed by atoms with van der Waals surface area (Å²) in [4.78, 5) is 21.7. The average molecular weight is 295 g/mol. The average Bonchev–Trinajstić information content (AvgIpc) is 2.86. The first-order chi connectivity index (χ1) is 10.0. The number of carbonyl (C=O) groups is 1. The zero-order valence-corrected chi connectivity index (χ0v) is 13.3. The molecule has 0 spiro atoms. The number of rotatable bonds is 7. The third kappa shape index (κ3) is 6.24. The van der Waals surface area contributed by atoms with Crippen LogP contribution in [-0.2, 0) is 18.4 Å². The van der Waals surface area contributed by atoms with E-state index >= 15 is 0 Å². The van der Waals surface area contributed by atoms with Gasteiger partial charge >= 0.3 is 0 Å². The van der Waals surface area contributed by atoms with Gasteiger partial charge in [0.2, 0.25) is 5.91 Å². The smallest absolute Gasteiger partial charge is 0.241 e. The van der Waals surface area contributed by atoms with Crippen LogP contribution in [0.2, 0.25) is 0 Å². The van der Waals surface area contributed by atoms with E-state index in [1.54, 1.807) is 23.7 Å². The normalized spacial score (nSPS) is 11.3. The van der Waals surface area contributed by atoms with Gasteiger partial charge < -0.3 is 15.5 Å². The molecule has 1 aromatic heterocycles. The maximum absolute atomic E-state index is 11.6. The summed E-state index contributed by atoms with van der Waals surface area (Å²) in [6.45, 7) is 3.57. The second-order valence-corrected chi connectivity index (χ2v) is 4.89. The largest absolute Gasteiger partial charge is 0.356 e. The second kappa shape index (κ2) is 8.93. The van der Waals surface area contributed by atoms with Gasteiger partial charge in [-0.2, -0.15) is 5.10 Å². The van der Waals surface area contributed by atoms with E-state index < -0.39 is 0 Å². The molecule has 1 heterocycles. The fourth-order valence-corrected chi connectivity index (χ4v) is 1.49. The van der Waals surface area contributed by atoms with Crippen LogP contribution in [0.3, 0.4) is 0 Å². The van der Waals surface area contributed by atoms with Crippen molar-refractivity contribution in [3.8, 4) is 0 Å². The van der Waals surface area contributed by atoms with Crippen molar-refractivity contribution in [1.29, 1.82) is 0 Å². The topological polar surface area (TPSA) is 87.4 Å². The molecule has 8 heteroatoms. The minimum atomic E-state index is -0.00125. The molecule has 0 radical (unpaired) electrons. The van der Waals surface area contributed by atoms with Crippen LogP contribution in [0.4, 0.5) is 0 Å². The molecule has 1 rings (SSSR count). The van der Waals surface area contributed by atoms with Crippen LogP contribution in [0.1, 0.15) is 25.6 Å². The molecule has 0 aliphatic heterocycles. The van der Waals surface area contributed by atoms with Gasteiger partial charge in [-0.1, -0.05) is 13.3 Å². The van der Waals surface area contributed by atoms with E-state index in [1.165, 1.54) is 6.33 Å². The Labute approximate surface area is 125 Å². The highest BCUT2D eigenvalue weighted by atomic mass is 16.2. The van der Waals surface area contributed by atoms with Crippen molar-refractivity contribution in [3.63, 3.8) is 0 Å². The van der Waals surface area contributed by atoms with Crippen LogP contribution in [0.25, 0.3) is 0 Å². The molecule has 0 atom stereocenters. The Morgan fingerprint density at radius 3 is 2.76 bits per heavy atom. The van der Waals surface area contributed by atoms with Crippen LogP contribution < -0.4 is 10.6 Å². The van der Waals surface area contributed by atoms with E-state index in [0.29, 0.717) is 12.5 Å². The number of aliphatic imine (C=N–C) groups is 1. The Balaban J connectivity index is 2.58. The Bertz CT molecular complexity index is 467. The predicted octanol–water partition coefficient (Wildman–Crippen LogP) is -0.261. The van der Waals surface area contributed by atoms with E-state index in [1.807, 2.05) is 7.05 Å². The molecule has 1 aromatic rings. The van der Waals surface area contributed by atoms with Gasteiger partial charge in [-0.25, -0.2) is 9.98 Å². The molecule has 8 nitrogen and oxygen atoms in total. The second-order valence-electron chi connectivity index (χ2n) is 4.89. The number of guanidine groups is 1. The fraction of sp³-hybridized carbons (Fsp3) is 0.692. The third-order valence-corrected chi connectivity index (χ3v) is 2.91. The summed E-state index contributed by atoms with van der Waals surface area (Å²) in [5.41, 5.74) is 0. The lowest BCUT2D eigenvalue weighted by Crippen LogP contribution is -2.43. The molecule has 0 aromatic carbocycles. The number of hydrogen-bond donors (Lipinski definition) is 2. The first-order valence-corrected chi connectivity index (χ1v) is 7.09. The van der Waals surface area contributed by atoms with Gasteiger partial charge in [0.05, 0.1) is 6.54 Å². The quantitative estimate of drug-likeness (QED) is 0.411. The van der Waals surface area contributed by atoms with E-state index in [2.05, 4.69) is 32.6 Å². The number of carbonyl (C=O) groups excluding carboxylic acids is 1. The van der Waals surface area contributed by atoms with Crippen LogP contribution >= 0.6 is 0 Å². The minimum absolute atomic E-state index is 0.00125. The van der Waals surface area contributed by atoms with Crippen molar-refractivity contribution in [2.45, 2.75) is 26.3 Å². The number of amides is 1. The summed E-state index contributed by atoms with van der Waals surface area (Å²) in [5.74, 6) is 1.38. The number of aromatic nitrogens is 3. The number of nitrogens with one attached hydrogen (secondary N) is 2. The van der Waals surface area contributed by atoms with Crippen molar-refractivity contribution >= 4 is 11.9 Å². The van der Waals surface area contributed by atoms with Gasteiger partial charge in [-0.3, -0.25) is 9.48 Å². The third-order valence-electron chi connectivity index (χ3n) is 2.91. The summed E-state index contributed by atoms with van der Waals surface area (Å²) >= 11 is 0. The Kier molecular flexibility index (Phi) is 7.20. The predicted molar refractivity (Wildman–Crippen MR) is 81.7 cm³/mol. The van der Waals surface area contributed by atoms with Crippen molar-refractivity contribution in [2.24, 2.45) is 12.0 Å². The van der Waals surface area contributed by atoms with Crippen molar-refractivity contribution in [1.82, 2.24) is 30.3 Å². The van der Waals surface area contributed by atoms with Gasteiger partial charge in [-0.15, -0.1) is 0 Å². The molecular weight excluding hydrogens is 270 g/mol. The fourth-order valence-electron chi connectivity index (χ4n) is 1.49. The maximum Gasteiger partial charge on any atom is 0.241 e. The van der Waals surface area contributed by atoms with Crippen LogP contribution in [0.5, 0.6) is 0 Å². The molecule has 118 valence electrons. The van der Waals surface area contributed by atoms with Crippen molar-refractivity contribution < 1.29 is 4.79 Å². The van der Waals surface area contributed by atoms with Crippen molar-refractivity contribution in [3.05, 3.63) is 12.2 Å². The highest BCUT2D eigenvalue weighted by Gasteiger charge is 2.06. The van der Waals surface area contributed by atoms with Gasteiger partial charge in [0.25, 0.3) is 0 Å². The summed E-state index contributed by atoms with van der Waals surface area (Å²) in [7, 11) is 5.28. The highest BCUT2D eigenvalue weighted by Crippen LogP contribution is 1.93. The van der Waals surface area contributed by atoms with Crippen LogP contribution in [0.15, 0.2) is 11.3 Å². The minimum Gasteiger partial charge on any atom is -0.356 e. The first-order valence-electron chi connectivity index (χ1n) is 7.09. The number of aryl methyl sites for hydroxylation is 1. The van der Waals surface area contributed by atoms with Crippen LogP contribution in [-0.4, -0.2) is 58.7 Å². The molecule has 0 aliphatic carbocycles. The molecule has 2 N–H and O–H groups in total. The molecule has 0 bridgehead atoms. The summed E-state index contributed by atoms with van der Waals surface area (Å²) in [6.07, 6.45) is 3.64. The Hall–Kier alpha value is -2.12. The molecule has 0 aliphatic rings. The van der Waals surface area contributed by atoms with Crippen LogP contribution in [0, 0.1) is 0 Å². The SMILES string of the molecule is CCCCNC(=NCc1ncnn1C)NCC(=O)N(C)C. The summed E-state index contributed by atoms with van der Waals surface area (Å²) < 4.78 is 1.68. The molecule has 21 heavy (non-hydrogen) atoms. The number of likely N-dealkylation sites (N-methyl/N-ethyl adjacent to an activating group) is 1. The molecule has 0 fully saturated rings. The zero-order valence-electron chi connectivity index (χ0n) is 13.3. The number of nitrogens with zero attached hydrogens (tertiary/aromatic N) is 5. The van der Waals surface area contributed by atoms with E-state index in [-0.39, 0.29) is 12.5 Å².